The predicted molar refractivity (Wildman–Crippen MR) is 120 cm³/mol. The Kier molecular flexibility index (Phi) is 5.24. The van der Waals surface area contributed by atoms with Crippen molar-refractivity contribution in [3.8, 4) is 0 Å². The second-order valence-corrected chi connectivity index (χ2v) is 7.26. The van der Waals surface area contributed by atoms with Gasteiger partial charge in [0.05, 0.1) is 31.3 Å². The van der Waals surface area contributed by atoms with Gasteiger partial charge < -0.3 is 15.0 Å². The fourth-order valence-electron chi connectivity index (χ4n) is 3.41. The molecule has 5 rings (SSSR count). The van der Waals surface area contributed by atoms with E-state index in [4.69, 9.17) is 14.7 Å². The van der Waals surface area contributed by atoms with E-state index in [9.17, 15) is 0 Å². The largest absolute Gasteiger partial charge is 0.378 e. The molecule has 0 atom stereocenters. The fraction of sp³-hybridized carbons (Fsp3) is 0.227. The highest BCUT2D eigenvalue weighted by atomic mass is 16.5. The van der Waals surface area contributed by atoms with Gasteiger partial charge in [0.1, 0.15) is 6.33 Å². The minimum Gasteiger partial charge on any atom is -0.378 e. The van der Waals surface area contributed by atoms with E-state index in [1.54, 1.807) is 29.6 Å². The van der Waals surface area contributed by atoms with E-state index in [2.05, 4.69) is 44.3 Å². The van der Waals surface area contributed by atoms with Gasteiger partial charge in [0, 0.05) is 19.3 Å². The summed E-state index contributed by atoms with van der Waals surface area (Å²) >= 11 is 0. The first-order chi connectivity index (χ1) is 15.3. The van der Waals surface area contributed by atoms with Crippen LogP contribution in [0.5, 0.6) is 0 Å². The second-order valence-electron chi connectivity index (χ2n) is 7.26. The SMILES string of the molecule is Cc1cccc(/C=N/n2cnc3c(Nc4cccnc4)nc(N4CCOCC4)nc32)c1. The Morgan fingerprint density at radius 2 is 2.03 bits per heavy atom. The van der Waals surface area contributed by atoms with E-state index in [1.807, 2.05) is 24.3 Å². The topological polar surface area (TPSA) is 93.4 Å². The number of fused-ring (bicyclic) bond motifs is 1. The van der Waals surface area contributed by atoms with Crippen LogP contribution < -0.4 is 10.2 Å². The quantitative estimate of drug-likeness (QED) is 0.502. The Morgan fingerprint density at radius 3 is 2.84 bits per heavy atom. The van der Waals surface area contributed by atoms with Crippen molar-refractivity contribution < 1.29 is 4.74 Å². The molecule has 0 bridgehead atoms. The molecule has 4 heterocycles. The molecular formula is C22H22N8O. The van der Waals surface area contributed by atoms with Crippen molar-refractivity contribution in [2.24, 2.45) is 5.10 Å². The lowest BCUT2D eigenvalue weighted by Crippen LogP contribution is -2.37. The number of rotatable bonds is 5. The van der Waals surface area contributed by atoms with Crippen LogP contribution in [0.1, 0.15) is 11.1 Å². The number of aryl methyl sites for hydroxylation is 1. The molecule has 4 aromatic rings. The molecule has 9 heteroatoms. The number of hydrogen-bond acceptors (Lipinski definition) is 8. The Labute approximate surface area is 179 Å². The van der Waals surface area contributed by atoms with Crippen molar-refractivity contribution in [1.82, 2.24) is 24.6 Å². The van der Waals surface area contributed by atoms with Crippen molar-refractivity contribution in [2.75, 3.05) is 36.5 Å². The zero-order valence-corrected chi connectivity index (χ0v) is 17.1. The van der Waals surface area contributed by atoms with Gasteiger partial charge in [-0.15, -0.1) is 0 Å². The lowest BCUT2D eigenvalue weighted by Gasteiger charge is -2.27. The van der Waals surface area contributed by atoms with E-state index in [-0.39, 0.29) is 0 Å². The van der Waals surface area contributed by atoms with E-state index >= 15 is 0 Å². The summed E-state index contributed by atoms with van der Waals surface area (Å²) in [5, 5.41) is 7.92. The summed E-state index contributed by atoms with van der Waals surface area (Å²) < 4.78 is 7.16. The van der Waals surface area contributed by atoms with Crippen LogP contribution in [-0.2, 0) is 4.74 Å². The van der Waals surface area contributed by atoms with Crippen LogP contribution >= 0.6 is 0 Å². The van der Waals surface area contributed by atoms with Crippen molar-refractivity contribution >= 4 is 34.8 Å². The number of benzene rings is 1. The molecule has 3 aromatic heterocycles. The van der Waals surface area contributed by atoms with E-state index in [0.717, 1.165) is 24.3 Å². The van der Waals surface area contributed by atoms with E-state index < -0.39 is 0 Å². The van der Waals surface area contributed by atoms with Crippen molar-refractivity contribution in [3.05, 3.63) is 66.2 Å². The van der Waals surface area contributed by atoms with Crippen LogP contribution in [0.25, 0.3) is 11.2 Å². The molecule has 1 saturated heterocycles. The number of nitrogens with zero attached hydrogens (tertiary/aromatic N) is 7. The second kappa shape index (κ2) is 8.49. The lowest BCUT2D eigenvalue weighted by atomic mass is 10.2. The van der Waals surface area contributed by atoms with Crippen LogP contribution in [0.15, 0.2) is 60.2 Å². The third-order valence-corrected chi connectivity index (χ3v) is 4.96. The molecule has 1 aliphatic heterocycles. The maximum absolute atomic E-state index is 5.48. The minimum absolute atomic E-state index is 0.615. The number of anilines is 3. The molecule has 9 nitrogen and oxygen atoms in total. The van der Waals surface area contributed by atoms with Crippen LogP contribution in [0.3, 0.4) is 0 Å². The Hall–Kier alpha value is -3.85. The lowest BCUT2D eigenvalue weighted by molar-refractivity contribution is 0.122. The van der Waals surface area contributed by atoms with Gasteiger partial charge in [0.2, 0.25) is 5.95 Å². The van der Waals surface area contributed by atoms with Gasteiger partial charge in [-0.1, -0.05) is 29.8 Å². The van der Waals surface area contributed by atoms with Crippen LogP contribution in [0.2, 0.25) is 0 Å². The molecular weight excluding hydrogens is 392 g/mol. The third-order valence-electron chi connectivity index (χ3n) is 4.96. The average molecular weight is 414 g/mol. The summed E-state index contributed by atoms with van der Waals surface area (Å²) in [6.07, 6.45) is 6.94. The number of ether oxygens (including phenoxy) is 1. The van der Waals surface area contributed by atoms with Gasteiger partial charge in [-0.2, -0.15) is 15.1 Å². The highest BCUT2D eigenvalue weighted by Gasteiger charge is 2.19. The molecule has 1 N–H and O–H groups in total. The number of morpholine rings is 1. The average Bonchev–Trinajstić information content (AvgIpc) is 3.22. The molecule has 0 aliphatic carbocycles. The maximum Gasteiger partial charge on any atom is 0.229 e. The summed E-state index contributed by atoms with van der Waals surface area (Å²) in [6.45, 7) is 4.83. The van der Waals surface area contributed by atoms with Crippen molar-refractivity contribution in [1.29, 1.82) is 0 Å². The van der Waals surface area contributed by atoms with Gasteiger partial charge in [-0.3, -0.25) is 4.98 Å². The minimum atomic E-state index is 0.615. The molecule has 0 saturated carbocycles. The standard InChI is InChI=1S/C22H22N8O/c1-16-4-2-5-17(12-16)13-25-30-15-24-19-20(26-18-6-3-7-23-14-18)27-22(28-21(19)30)29-8-10-31-11-9-29/h2-7,12-15H,8-11H2,1H3,(H,26,27,28)/b25-13+. The predicted octanol–water partition coefficient (Wildman–Crippen LogP) is 2.99. The molecule has 31 heavy (non-hydrogen) atoms. The zero-order valence-electron chi connectivity index (χ0n) is 17.1. The first kappa shape index (κ1) is 19.1. The third kappa shape index (κ3) is 4.22. The highest BCUT2D eigenvalue weighted by Crippen LogP contribution is 2.25. The van der Waals surface area contributed by atoms with Crippen molar-refractivity contribution in [3.63, 3.8) is 0 Å². The number of imidazole rings is 1. The normalized spacial score (nSPS) is 14.4. The smallest absolute Gasteiger partial charge is 0.229 e. The molecule has 0 radical (unpaired) electrons. The van der Waals surface area contributed by atoms with Gasteiger partial charge in [0.25, 0.3) is 0 Å². The monoisotopic (exact) mass is 414 g/mol. The number of pyridine rings is 1. The Morgan fingerprint density at radius 1 is 1.13 bits per heavy atom. The zero-order chi connectivity index (χ0) is 21.0. The first-order valence-electron chi connectivity index (χ1n) is 10.1. The molecule has 1 fully saturated rings. The summed E-state index contributed by atoms with van der Waals surface area (Å²) in [7, 11) is 0. The Balaban J connectivity index is 1.56. The molecule has 0 spiro atoms. The molecule has 0 amide bonds. The summed E-state index contributed by atoms with van der Waals surface area (Å²) in [6, 6.07) is 12.0. The van der Waals surface area contributed by atoms with Crippen LogP contribution in [0.4, 0.5) is 17.5 Å². The van der Waals surface area contributed by atoms with Gasteiger partial charge in [-0.25, -0.2) is 9.66 Å². The Bertz CT molecular complexity index is 1210. The van der Waals surface area contributed by atoms with Gasteiger partial charge >= 0.3 is 0 Å². The molecule has 1 aliphatic rings. The number of aromatic nitrogens is 5. The van der Waals surface area contributed by atoms with Gasteiger partial charge in [0.15, 0.2) is 17.0 Å². The maximum atomic E-state index is 5.48. The molecule has 0 unspecified atom stereocenters. The summed E-state index contributed by atoms with van der Waals surface area (Å²) in [5.74, 6) is 1.23. The first-order valence-corrected chi connectivity index (χ1v) is 10.1. The van der Waals surface area contributed by atoms with E-state index in [0.29, 0.717) is 36.1 Å². The molecule has 156 valence electrons. The summed E-state index contributed by atoms with van der Waals surface area (Å²) in [4.78, 5) is 20.3. The molecule has 1 aromatic carbocycles. The van der Waals surface area contributed by atoms with Gasteiger partial charge in [-0.05, 0) is 24.6 Å². The van der Waals surface area contributed by atoms with E-state index in [1.165, 1.54) is 5.56 Å². The van der Waals surface area contributed by atoms with Crippen LogP contribution in [0, 0.1) is 6.92 Å². The highest BCUT2D eigenvalue weighted by molar-refractivity contribution is 5.87. The van der Waals surface area contributed by atoms with Crippen LogP contribution in [-0.4, -0.2) is 57.1 Å². The van der Waals surface area contributed by atoms with Crippen molar-refractivity contribution in [2.45, 2.75) is 6.92 Å². The fourth-order valence-corrected chi connectivity index (χ4v) is 3.41. The number of hydrogen-bond donors (Lipinski definition) is 1. The number of nitrogens with one attached hydrogen (secondary N) is 1. The summed E-state index contributed by atoms with van der Waals surface area (Å²) in [5.41, 5.74) is 4.29.